The molecule has 0 aliphatic heterocycles. The van der Waals surface area contributed by atoms with Crippen molar-refractivity contribution in [2.24, 2.45) is 11.8 Å². The molecule has 4 atom stereocenters. The van der Waals surface area contributed by atoms with Gasteiger partial charge in [0.05, 0.1) is 32.3 Å². The predicted molar refractivity (Wildman–Crippen MR) is 300 cm³/mol. The Bertz CT molecular complexity index is 2150. The molecule has 0 amide bonds. The molecule has 0 fully saturated rings. The molecule has 63 heavy (non-hydrogen) atoms. The minimum absolute atomic E-state index is 0.465. The molecular formula is C58H86Si5. The van der Waals surface area contributed by atoms with Gasteiger partial charge in [-0.2, -0.15) is 0 Å². The number of fused-ring (bicyclic) bond motifs is 2. The number of hydrogen-bond acceptors (Lipinski definition) is 0. The van der Waals surface area contributed by atoms with Crippen LogP contribution in [0.5, 0.6) is 0 Å². The lowest BCUT2D eigenvalue weighted by Gasteiger charge is -2.27. The second-order valence-corrected chi connectivity index (χ2v) is 46.3. The van der Waals surface area contributed by atoms with Gasteiger partial charge in [-0.25, -0.2) is 0 Å². The van der Waals surface area contributed by atoms with E-state index in [1.165, 1.54) is 69.4 Å². The Morgan fingerprint density at radius 2 is 0.746 bits per heavy atom. The Morgan fingerprint density at radius 1 is 0.444 bits per heavy atom. The van der Waals surface area contributed by atoms with Crippen LogP contribution in [0.15, 0.2) is 71.8 Å². The molecule has 5 heteroatoms. The van der Waals surface area contributed by atoms with Gasteiger partial charge < -0.3 is 0 Å². The Morgan fingerprint density at radius 3 is 1.00 bits per heavy atom. The van der Waals surface area contributed by atoms with Gasteiger partial charge in [0.1, 0.15) is 0 Å². The monoisotopic (exact) mass is 923 g/mol. The van der Waals surface area contributed by atoms with Gasteiger partial charge in [-0.3, -0.25) is 0 Å². The molecule has 0 aromatic heterocycles. The molecule has 0 bridgehead atoms. The lowest BCUT2D eigenvalue weighted by Crippen LogP contribution is -2.45. The summed E-state index contributed by atoms with van der Waals surface area (Å²) < 4.78 is 0. The number of hydrogen-bond donors (Lipinski definition) is 0. The Balaban J connectivity index is 1.44. The first-order valence-electron chi connectivity index (χ1n) is 25.0. The lowest BCUT2D eigenvalue weighted by atomic mass is 9.84. The molecule has 0 nitrogen and oxygen atoms in total. The van der Waals surface area contributed by atoms with Gasteiger partial charge in [0.15, 0.2) is 0 Å². The van der Waals surface area contributed by atoms with Crippen LogP contribution >= 0.6 is 0 Å². The van der Waals surface area contributed by atoms with Gasteiger partial charge in [0.25, 0.3) is 0 Å². The van der Waals surface area contributed by atoms with Crippen LogP contribution in [0.4, 0.5) is 0 Å². The summed E-state index contributed by atoms with van der Waals surface area (Å²) in [4.78, 5) is 0. The Labute approximate surface area is 394 Å². The Hall–Kier alpha value is -2.56. The highest BCUT2D eigenvalue weighted by Crippen LogP contribution is 2.51. The van der Waals surface area contributed by atoms with Crippen LogP contribution in [0.1, 0.15) is 125 Å². The first-order valence-corrected chi connectivity index (χ1v) is 40.4. The van der Waals surface area contributed by atoms with Crippen molar-refractivity contribution in [1.29, 1.82) is 0 Å². The van der Waals surface area contributed by atoms with Crippen LogP contribution in [0.3, 0.4) is 0 Å². The molecule has 4 unspecified atom stereocenters. The summed E-state index contributed by atoms with van der Waals surface area (Å²) in [5.41, 5.74) is 18.7. The van der Waals surface area contributed by atoms with Crippen molar-refractivity contribution in [2.75, 3.05) is 0 Å². The minimum atomic E-state index is -1.55. The topological polar surface area (TPSA) is 0 Å². The van der Waals surface area contributed by atoms with E-state index in [9.17, 15) is 0 Å². The summed E-state index contributed by atoms with van der Waals surface area (Å²) in [5.74, 6) is 3.05. The van der Waals surface area contributed by atoms with E-state index in [1.54, 1.807) is 43.0 Å². The second-order valence-electron chi connectivity index (χ2n) is 24.6. The van der Waals surface area contributed by atoms with Gasteiger partial charge >= 0.3 is 0 Å². The lowest BCUT2D eigenvalue weighted by molar-refractivity contribution is 0.609. The van der Waals surface area contributed by atoms with Crippen LogP contribution in [-0.2, 0) is 0 Å². The normalized spacial score (nSPS) is 17.9. The maximum Gasteiger partial charge on any atom is 0.0776 e. The fourth-order valence-corrected chi connectivity index (χ4v) is 16.9. The van der Waals surface area contributed by atoms with E-state index in [-0.39, 0.29) is 0 Å². The van der Waals surface area contributed by atoms with Crippen LogP contribution < -0.4 is 20.7 Å². The van der Waals surface area contributed by atoms with Crippen LogP contribution in [0.25, 0.3) is 34.4 Å². The van der Waals surface area contributed by atoms with E-state index in [1.807, 2.05) is 0 Å². The molecule has 0 spiro atoms. The van der Waals surface area contributed by atoms with Crippen molar-refractivity contribution >= 4 is 74.7 Å². The van der Waals surface area contributed by atoms with Gasteiger partial charge in [0.2, 0.25) is 0 Å². The SMILES string of the molecule is CCC(C)C1=Cc2c(ccc(C(C)C)c2-c2cc([Si](C)(C)C)cc([Si](C)(C)C)c2)C1C[Si]CC1C(C(C)CC)=Cc2c1ccc(C(C)C)c2-c1cc([Si](C)(C)C)cc([Si](C)(C)C)c1. The van der Waals surface area contributed by atoms with Crippen molar-refractivity contribution < 1.29 is 0 Å². The molecular weight excluding hydrogens is 837 g/mol. The minimum Gasteiger partial charge on any atom is -0.0656 e. The maximum atomic E-state index is 2.70. The van der Waals surface area contributed by atoms with E-state index in [0.717, 1.165) is 9.52 Å². The summed E-state index contributed by atoms with van der Waals surface area (Å²) in [6, 6.07) is 28.4. The third-order valence-corrected chi connectivity index (χ3v) is 24.5. The molecule has 0 N–H and O–H groups in total. The first-order chi connectivity index (χ1) is 29.2. The predicted octanol–water partition coefficient (Wildman–Crippen LogP) is 15.7. The third kappa shape index (κ3) is 10.4. The number of allylic oxidation sites excluding steroid dienone is 2. The van der Waals surface area contributed by atoms with Crippen molar-refractivity contribution in [3.05, 3.63) is 105 Å². The quantitative estimate of drug-likeness (QED) is 0.0983. The van der Waals surface area contributed by atoms with Gasteiger partial charge in [-0.1, -0.05) is 251 Å². The molecule has 2 aliphatic rings. The van der Waals surface area contributed by atoms with Crippen molar-refractivity contribution in [3.63, 3.8) is 0 Å². The van der Waals surface area contributed by atoms with Gasteiger partial charge in [-0.05, 0) is 92.1 Å². The van der Waals surface area contributed by atoms with E-state index in [2.05, 4.69) is 207 Å². The van der Waals surface area contributed by atoms with Crippen LogP contribution in [-0.4, -0.2) is 41.8 Å². The highest BCUT2D eigenvalue weighted by molar-refractivity contribution is 6.92. The zero-order chi connectivity index (χ0) is 46.7. The zero-order valence-corrected chi connectivity index (χ0v) is 48.7. The molecule has 0 saturated heterocycles. The second kappa shape index (κ2) is 18.6. The van der Waals surface area contributed by atoms with E-state index < -0.39 is 32.3 Å². The molecule has 4 aromatic carbocycles. The molecule has 2 radical (unpaired) electrons. The summed E-state index contributed by atoms with van der Waals surface area (Å²) in [6.07, 6.45) is 7.78. The summed E-state index contributed by atoms with van der Waals surface area (Å²) in [6.45, 7) is 49.8. The smallest absolute Gasteiger partial charge is 0.0656 e. The van der Waals surface area contributed by atoms with Crippen molar-refractivity contribution in [3.8, 4) is 22.3 Å². The van der Waals surface area contributed by atoms with E-state index in [0.29, 0.717) is 35.5 Å². The maximum absolute atomic E-state index is 2.70. The standard InChI is InChI=1S/C58H86Si5/c1-21-39(7)51-33-53-49(25-23-47(37(3)4)57(53)41-27-43(60(9,10)11)31-44(28-41)61(12,13)14)55(51)35-59-36-56-50-26-24-48(38(5)6)58(54(50)34-52(56)40(8)22-2)42-29-45(62(15,16)17)32-46(30-42)63(18,19)20/h23-34,37-40,55-56H,21-22,35-36H2,1-20H3. The molecule has 6 rings (SSSR count). The highest BCUT2D eigenvalue weighted by Gasteiger charge is 2.35. The molecule has 338 valence electrons. The largest absolute Gasteiger partial charge is 0.0776 e. The molecule has 0 saturated carbocycles. The highest BCUT2D eigenvalue weighted by atomic mass is 28.3. The molecule has 4 aromatic rings. The van der Waals surface area contributed by atoms with E-state index >= 15 is 0 Å². The number of rotatable bonds is 16. The third-order valence-electron chi connectivity index (χ3n) is 15.0. The van der Waals surface area contributed by atoms with Crippen molar-refractivity contribution in [1.82, 2.24) is 0 Å². The number of benzene rings is 4. The Kier molecular flexibility index (Phi) is 14.7. The summed E-state index contributed by atoms with van der Waals surface area (Å²) in [7, 11) is -5.29. The summed E-state index contributed by atoms with van der Waals surface area (Å²) >= 11 is 0. The van der Waals surface area contributed by atoms with Crippen LogP contribution in [0.2, 0.25) is 90.7 Å². The first kappa shape index (κ1) is 49.9. The summed E-state index contributed by atoms with van der Waals surface area (Å²) in [5, 5.41) is 6.44. The van der Waals surface area contributed by atoms with Crippen LogP contribution in [0, 0.1) is 11.8 Å². The fraction of sp³-hybridized carbons (Fsp3) is 0.517. The average Bonchev–Trinajstić information content (AvgIpc) is 3.76. The van der Waals surface area contributed by atoms with Gasteiger partial charge in [0, 0.05) is 21.4 Å². The van der Waals surface area contributed by atoms with Crippen molar-refractivity contribution in [2.45, 2.75) is 183 Å². The molecule has 0 heterocycles. The zero-order valence-electron chi connectivity index (χ0n) is 43.7. The fourth-order valence-electron chi connectivity index (χ4n) is 10.3. The van der Waals surface area contributed by atoms with Gasteiger partial charge in [-0.15, -0.1) is 0 Å². The average molecular weight is 924 g/mol. The van der Waals surface area contributed by atoms with E-state index in [4.69, 9.17) is 0 Å². The molecule has 2 aliphatic carbocycles.